The number of cyclic esters (lactones) is 1. The van der Waals surface area contributed by atoms with Crippen molar-refractivity contribution in [2.75, 3.05) is 77.8 Å². The lowest BCUT2D eigenvalue weighted by Gasteiger charge is -2.39. The molecule has 8 aliphatic rings. The number of carbonyl (C=O) groups excluding carboxylic acids is 3. The van der Waals surface area contributed by atoms with E-state index in [0.29, 0.717) is 75.2 Å². The zero-order valence-electron chi connectivity index (χ0n) is 44.4. The van der Waals surface area contributed by atoms with Gasteiger partial charge in [0.25, 0.3) is 11.8 Å². The predicted octanol–water partition coefficient (Wildman–Crippen LogP) is 7.10. The van der Waals surface area contributed by atoms with Crippen LogP contribution in [0.3, 0.4) is 0 Å². The number of rotatable bonds is 14. The fourth-order valence-electron chi connectivity index (χ4n) is 12.2. The van der Waals surface area contributed by atoms with Gasteiger partial charge in [0.1, 0.15) is 35.0 Å². The molecule has 17 nitrogen and oxygen atoms in total. The minimum Gasteiger partial charge on any atom is -0.464 e. The molecule has 3 aromatic heterocycles. The number of fused-ring (bicyclic) bond motifs is 7. The van der Waals surface area contributed by atoms with E-state index in [1.54, 1.807) is 7.11 Å². The molecule has 7 fully saturated rings. The van der Waals surface area contributed by atoms with Crippen molar-refractivity contribution in [3.63, 3.8) is 0 Å². The molecule has 5 saturated heterocycles. The maximum Gasteiger partial charge on any atom is 0.324 e. The number of methoxy groups -OCH3 is 1. The van der Waals surface area contributed by atoms with Crippen LogP contribution in [0.4, 0.5) is 10.1 Å². The first-order valence-corrected chi connectivity index (χ1v) is 28.4. The van der Waals surface area contributed by atoms with E-state index in [1.165, 1.54) is 36.1 Å². The number of nitrogens with zero attached hydrogens (tertiary/aromatic N) is 6. The molecule has 1 unspecified atom stereocenters. The van der Waals surface area contributed by atoms with Gasteiger partial charge in [-0.1, -0.05) is 19.9 Å². The van der Waals surface area contributed by atoms with Crippen LogP contribution in [0.5, 0.6) is 0 Å². The number of ether oxygens (including phenoxy) is 6. The molecule has 2 amide bonds. The number of hydrogen-bond donors (Lipinski definition) is 2. The summed E-state index contributed by atoms with van der Waals surface area (Å²) in [4.78, 5) is 59.1. The third kappa shape index (κ3) is 10.9. The van der Waals surface area contributed by atoms with Crippen LogP contribution < -0.4 is 15.6 Å². The maximum atomic E-state index is 15.0. The predicted molar refractivity (Wildman–Crippen MR) is 282 cm³/mol. The van der Waals surface area contributed by atoms with Gasteiger partial charge < -0.3 is 43.2 Å². The van der Waals surface area contributed by atoms with E-state index >= 15 is 0 Å². The monoisotopic (exact) mass is 1050 g/mol. The number of hydrazine groups is 1. The Morgan fingerprint density at radius 2 is 1.81 bits per heavy atom. The van der Waals surface area contributed by atoms with Gasteiger partial charge in [0.2, 0.25) is 0 Å². The molecule has 2 aliphatic carbocycles. The van der Waals surface area contributed by atoms with Gasteiger partial charge in [0.05, 0.1) is 67.1 Å². The summed E-state index contributed by atoms with van der Waals surface area (Å²) in [6.45, 7) is 15.8. The minimum absolute atomic E-state index is 0.0917. The van der Waals surface area contributed by atoms with Crippen molar-refractivity contribution in [2.24, 2.45) is 11.3 Å². The van der Waals surface area contributed by atoms with Crippen LogP contribution in [0.25, 0.3) is 33.4 Å². The van der Waals surface area contributed by atoms with Gasteiger partial charge in [-0.3, -0.25) is 29.3 Å². The van der Waals surface area contributed by atoms with Gasteiger partial charge in [0, 0.05) is 98.5 Å². The molecule has 8 bridgehead atoms. The second kappa shape index (κ2) is 21.7. The fraction of sp³-hybridized carbons (Fsp3) is 0.661. The largest absolute Gasteiger partial charge is 0.464 e. The molecule has 12 rings (SSSR count). The molecular formula is C56H75FN8O9S. The standard InChI is InChI=1S/C56H75FN8O9S/c1-33(57)30-72-50-48(60-54(68)56-26-37(27-56)34(2)74-56)52(66)65-15-7-8-44(61-65)53(67)73-32-55(4,5)28-43-41-24-36(45-31-75-51(50)59-45)9-12-46(41)64(20-23-71-40-13-21-70-22-14-40)49(43)42-25-39(29-58-47(42)35(3)69-6)63-18-16-62(17-19-63)38-10-11-38/h9,12,24-25,29,31,33-35,37-38,40,44,48,50,61H,7-8,10-11,13-23,26-28,30,32H2,1-6H3,(H,60,68)/t33-,34?,35-,37?,44-,48-,50-,56?/m0/s1. The Morgan fingerprint density at radius 1 is 1.03 bits per heavy atom. The van der Waals surface area contributed by atoms with E-state index in [4.69, 9.17) is 38.4 Å². The van der Waals surface area contributed by atoms with Crippen molar-refractivity contribution < 1.29 is 47.2 Å². The molecule has 4 aromatic rings. The van der Waals surface area contributed by atoms with Crippen LogP contribution in [-0.4, -0.2) is 157 Å². The number of nitrogens with one attached hydrogen (secondary N) is 2. The molecule has 9 heterocycles. The number of aromatic nitrogens is 3. The lowest BCUT2D eigenvalue weighted by Crippen LogP contribution is -2.63. The van der Waals surface area contributed by atoms with Crippen molar-refractivity contribution in [3.05, 3.63) is 52.1 Å². The second-order valence-electron chi connectivity index (χ2n) is 23.0. The molecule has 6 atom stereocenters. The van der Waals surface area contributed by atoms with E-state index < -0.39 is 53.2 Å². The summed E-state index contributed by atoms with van der Waals surface area (Å²) in [6.07, 6.45) is 5.89. The molecule has 19 heteroatoms. The quantitative estimate of drug-likeness (QED) is 0.123. The Kier molecular flexibility index (Phi) is 15.2. The van der Waals surface area contributed by atoms with Gasteiger partial charge in [-0.05, 0) is 108 Å². The summed E-state index contributed by atoms with van der Waals surface area (Å²) >= 11 is 1.29. The van der Waals surface area contributed by atoms with Gasteiger partial charge in [0.15, 0.2) is 0 Å². The second-order valence-corrected chi connectivity index (χ2v) is 23.8. The molecule has 0 radical (unpaired) electrons. The maximum absolute atomic E-state index is 15.0. The fourth-order valence-corrected chi connectivity index (χ4v) is 13.1. The first-order chi connectivity index (χ1) is 36.2. The van der Waals surface area contributed by atoms with E-state index in [9.17, 15) is 18.8 Å². The summed E-state index contributed by atoms with van der Waals surface area (Å²) in [5.41, 5.74) is 8.88. The summed E-state index contributed by atoms with van der Waals surface area (Å²) in [7, 11) is 1.72. The first kappa shape index (κ1) is 52.5. The molecule has 1 aromatic carbocycles. The molecule has 2 N–H and O–H groups in total. The Hall–Kier alpha value is -4.60. The topological polar surface area (TPSA) is 171 Å². The van der Waals surface area contributed by atoms with Crippen molar-refractivity contribution in [2.45, 2.75) is 153 Å². The number of amides is 2. The van der Waals surface area contributed by atoms with Gasteiger partial charge in [-0.25, -0.2) is 14.8 Å². The molecule has 406 valence electrons. The summed E-state index contributed by atoms with van der Waals surface area (Å²) < 4.78 is 54.5. The van der Waals surface area contributed by atoms with Crippen LogP contribution in [0, 0.1) is 11.3 Å². The number of hydrogen-bond acceptors (Lipinski definition) is 15. The van der Waals surface area contributed by atoms with Crippen molar-refractivity contribution in [1.29, 1.82) is 0 Å². The summed E-state index contributed by atoms with van der Waals surface area (Å²) in [5.74, 6) is -1.18. The first-order valence-electron chi connectivity index (χ1n) is 27.5. The van der Waals surface area contributed by atoms with E-state index in [1.807, 2.05) is 25.4 Å². The number of carbonyl (C=O) groups is 3. The minimum atomic E-state index is -1.38. The third-order valence-corrected chi connectivity index (χ3v) is 17.6. The normalized spacial score (nSPS) is 28.4. The van der Waals surface area contributed by atoms with Gasteiger partial charge >= 0.3 is 5.97 Å². The highest BCUT2D eigenvalue weighted by atomic mass is 32.1. The zero-order valence-corrected chi connectivity index (χ0v) is 45.3. The lowest BCUT2D eigenvalue weighted by atomic mass is 9.72. The van der Waals surface area contributed by atoms with E-state index in [-0.39, 0.29) is 44.0 Å². The third-order valence-electron chi connectivity index (χ3n) is 16.7. The Bertz CT molecular complexity index is 2730. The zero-order chi connectivity index (χ0) is 52.2. The number of thiazole rings is 1. The van der Waals surface area contributed by atoms with E-state index in [2.05, 4.69) is 63.2 Å². The number of esters is 1. The average Bonchev–Trinajstić information content (AvgIpc) is 3.78. The number of halogens is 1. The summed E-state index contributed by atoms with van der Waals surface area (Å²) in [6, 6.07) is 7.21. The number of alkyl halides is 1. The summed E-state index contributed by atoms with van der Waals surface area (Å²) in [5, 5.41) is 7.73. The number of pyridine rings is 1. The Morgan fingerprint density at radius 3 is 2.53 bits per heavy atom. The van der Waals surface area contributed by atoms with Crippen LogP contribution in [0.1, 0.15) is 114 Å². The number of piperazine rings is 1. The van der Waals surface area contributed by atoms with Crippen molar-refractivity contribution >= 4 is 45.7 Å². The molecule has 2 saturated carbocycles. The van der Waals surface area contributed by atoms with Crippen LogP contribution in [0.2, 0.25) is 0 Å². The number of benzene rings is 1. The van der Waals surface area contributed by atoms with Crippen LogP contribution >= 0.6 is 11.3 Å². The van der Waals surface area contributed by atoms with E-state index in [0.717, 1.165) is 83.7 Å². The van der Waals surface area contributed by atoms with Gasteiger partial charge in [-0.2, -0.15) is 0 Å². The lowest BCUT2D eigenvalue weighted by molar-refractivity contribution is -0.159. The van der Waals surface area contributed by atoms with Crippen molar-refractivity contribution in [3.8, 4) is 22.5 Å². The van der Waals surface area contributed by atoms with Crippen molar-refractivity contribution in [1.82, 2.24) is 35.2 Å². The van der Waals surface area contributed by atoms with Crippen LogP contribution in [0.15, 0.2) is 35.8 Å². The van der Waals surface area contributed by atoms with Crippen LogP contribution in [-0.2, 0) is 55.8 Å². The van der Waals surface area contributed by atoms with Gasteiger partial charge in [-0.15, -0.1) is 11.3 Å². The Labute approximate surface area is 443 Å². The highest BCUT2D eigenvalue weighted by Crippen LogP contribution is 2.52. The highest BCUT2D eigenvalue weighted by molar-refractivity contribution is 7.10. The average molecular weight is 1060 g/mol. The molecule has 0 spiro atoms. The number of anilines is 1. The Balaban J connectivity index is 1.05. The highest BCUT2D eigenvalue weighted by Gasteiger charge is 2.61. The molecular weight excluding hydrogens is 980 g/mol. The molecule has 75 heavy (non-hydrogen) atoms. The molecule has 6 aliphatic heterocycles. The smallest absolute Gasteiger partial charge is 0.324 e. The SMILES string of the molecule is CO[C@@H](C)c1ncc(N2CCN(C3CC3)CC2)cc1-c1c2c3cc(ccc3n1CCOC1CCOCC1)-c1csc(n1)[C@@H](OC[C@H](C)F)[C@H](NC(=O)C13CC(C1)C(C)O3)C(=O)N1CCC[C@H](N1)C(=O)OCC(C)(C)C2.